The third-order valence-corrected chi connectivity index (χ3v) is 5.44. The van der Waals surface area contributed by atoms with Gasteiger partial charge in [0, 0.05) is 18.5 Å². The lowest BCUT2D eigenvalue weighted by Gasteiger charge is -2.42. The van der Waals surface area contributed by atoms with Crippen molar-refractivity contribution in [3.05, 3.63) is 0 Å². The van der Waals surface area contributed by atoms with E-state index in [1.165, 1.54) is 25.7 Å². The van der Waals surface area contributed by atoms with Crippen molar-refractivity contribution in [3.8, 4) is 0 Å². The van der Waals surface area contributed by atoms with E-state index >= 15 is 0 Å². The number of hydrogen-bond acceptors (Lipinski definition) is 4. The molecule has 2 rings (SSSR count). The number of carboxylic acids is 1. The average Bonchev–Trinajstić information content (AvgIpc) is 3.05. The van der Waals surface area contributed by atoms with Crippen molar-refractivity contribution < 1.29 is 19.5 Å². The third-order valence-electron chi connectivity index (χ3n) is 5.44. The molecule has 2 aliphatic rings. The Kier molecular flexibility index (Phi) is 7.68. The molecule has 0 unspecified atom stereocenters. The van der Waals surface area contributed by atoms with Gasteiger partial charge < -0.3 is 15.7 Å². The second-order valence-electron chi connectivity index (χ2n) is 7.31. The summed E-state index contributed by atoms with van der Waals surface area (Å²) in [5, 5.41) is 14.5. The van der Waals surface area contributed by atoms with Crippen molar-refractivity contribution >= 4 is 17.8 Å². The topological polar surface area (TPSA) is 98.7 Å². The maximum atomic E-state index is 11.9. The number of amides is 2. The molecule has 7 heteroatoms. The molecule has 0 aliphatic heterocycles. The van der Waals surface area contributed by atoms with Crippen molar-refractivity contribution in [2.24, 2.45) is 5.92 Å². The highest BCUT2D eigenvalue weighted by molar-refractivity contribution is 5.84. The van der Waals surface area contributed by atoms with Crippen molar-refractivity contribution in [2.45, 2.75) is 70.4 Å². The molecule has 2 aliphatic carbocycles. The standard InChI is InChI=1S/C18H31N3O4/c1-2-21(12-18(24)25)15-9-14(10-15)20-17(23)11-19-16(22)8-7-13-5-3-4-6-13/h13-15H,2-12H2,1H3,(H,19,22)(H,20,23)(H,24,25). The number of nitrogens with zero attached hydrogens (tertiary/aromatic N) is 1. The van der Waals surface area contributed by atoms with Crippen LogP contribution in [-0.4, -0.2) is 59.5 Å². The lowest BCUT2D eigenvalue weighted by molar-refractivity contribution is -0.139. The molecule has 0 bridgehead atoms. The van der Waals surface area contributed by atoms with Crippen LogP contribution in [0, 0.1) is 5.92 Å². The van der Waals surface area contributed by atoms with E-state index in [1.807, 2.05) is 11.8 Å². The van der Waals surface area contributed by atoms with Crippen LogP contribution in [-0.2, 0) is 14.4 Å². The Morgan fingerprint density at radius 1 is 1.12 bits per heavy atom. The van der Waals surface area contributed by atoms with Crippen LogP contribution >= 0.6 is 0 Å². The van der Waals surface area contributed by atoms with Crippen LogP contribution in [0.5, 0.6) is 0 Å². The molecular weight excluding hydrogens is 322 g/mol. The first-order chi connectivity index (χ1) is 12.0. The zero-order valence-electron chi connectivity index (χ0n) is 15.1. The Labute approximate surface area is 149 Å². The van der Waals surface area contributed by atoms with Gasteiger partial charge in [-0.05, 0) is 31.7 Å². The van der Waals surface area contributed by atoms with E-state index in [-0.39, 0.29) is 37.0 Å². The summed E-state index contributed by atoms with van der Waals surface area (Å²) in [6, 6.07) is 0.295. The maximum absolute atomic E-state index is 11.9. The van der Waals surface area contributed by atoms with Crippen LogP contribution in [0.25, 0.3) is 0 Å². The smallest absolute Gasteiger partial charge is 0.317 e. The molecule has 2 fully saturated rings. The molecule has 7 nitrogen and oxygen atoms in total. The van der Waals surface area contributed by atoms with Gasteiger partial charge >= 0.3 is 5.97 Å². The van der Waals surface area contributed by atoms with E-state index in [0.717, 1.165) is 19.3 Å². The van der Waals surface area contributed by atoms with Crippen LogP contribution in [0.3, 0.4) is 0 Å². The summed E-state index contributed by atoms with van der Waals surface area (Å²) in [4.78, 5) is 36.4. The first-order valence-electron chi connectivity index (χ1n) is 9.49. The highest BCUT2D eigenvalue weighted by Crippen LogP contribution is 2.28. The fourth-order valence-electron chi connectivity index (χ4n) is 3.86. The number of carbonyl (C=O) groups excluding carboxylic acids is 2. The molecule has 0 aromatic heterocycles. The molecule has 0 spiro atoms. The first kappa shape index (κ1) is 19.7. The van der Waals surface area contributed by atoms with E-state index in [0.29, 0.717) is 18.9 Å². The second-order valence-corrected chi connectivity index (χ2v) is 7.31. The minimum Gasteiger partial charge on any atom is -0.480 e. The average molecular weight is 353 g/mol. The first-order valence-corrected chi connectivity index (χ1v) is 9.49. The molecule has 3 N–H and O–H groups in total. The number of hydrogen-bond donors (Lipinski definition) is 3. The van der Waals surface area contributed by atoms with Crippen LogP contribution in [0.1, 0.15) is 58.3 Å². The molecule has 142 valence electrons. The van der Waals surface area contributed by atoms with E-state index in [1.54, 1.807) is 0 Å². The number of carboxylic acid groups (broad SMARTS) is 1. The molecule has 0 heterocycles. The van der Waals surface area contributed by atoms with Gasteiger partial charge in [-0.15, -0.1) is 0 Å². The Hall–Kier alpha value is -1.63. The van der Waals surface area contributed by atoms with Crippen LogP contribution in [0.15, 0.2) is 0 Å². The zero-order chi connectivity index (χ0) is 18.2. The van der Waals surface area contributed by atoms with Gasteiger partial charge in [-0.3, -0.25) is 19.3 Å². The van der Waals surface area contributed by atoms with Crippen LogP contribution in [0.2, 0.25) is 0 Å². The predicted octanol–water partition coefficient (Wildman–Crippen LogP) is 1.13. The van der Waals surface area contributed by atoms with Crippen molar-refractivity contribution in [1.29, 1.82) is 0 Å². The summed E-state index contributed by atoms with van der Waals surface area (Å²) in [7, 11) is 0. The fraction of sp³-hybridized carbons (Fsp3) is 0.833. The maximum Gasteiger partial charge on any atom is 0.317 e. The molecule has 2 amide bonds. The lowest BCUT2D eigenvalue weighted by atomic mass is 9.85. The summed E-state index contributed by atoms with van der Waals surface area (Å²) in [6.45, 7) is 2.70. The minimum atomic E-state index is -0.824. The zero-order valence-corrected chi connectivity index (χ0v) is 15.1. The summed E-state index contributed by atoms with van der Waals surface area (Å²) in [5.74, 6) is -0.362. The molecule has 0 atom stereocenters. The minimum absolute atomic E-state index is 0.0251. The molecule has 0 aromatic carbocycles. The summed E-state index contributed by atoms with van der Waals surface area (Å²) < 4.78 is 0. The normalized spacial score (nSPS) is 23.3. The van der Waals surface area contributed by atoms with Gasteiger partial charge in [0.15, 0.2) is 0 Å². The van der Waals surface area contributed by atoms with Crippen molar-refractivity contribution in [3.63, 3.8) is 0 Å². The molecule has 0 aromatic rings. The predicted molar refractivity (Wildman–Crippen MR) is 94.0 cm³/mol. The van der Waals surface area contributed by atoms with Gasteiger partial charge in [-0.25, -0.2) is 0 Å². The molecule has 25 heavy (non-hydrogen) atoms. The largest absolute Gasteiger partial charge is 0.480 e. The Bertz CT molecular complexity index is 471. The number of rotatable bonds is 10. The monoisotopic (exact) mass is 353 g/mol. The number of likely N-dealkylation sites (N-methyl/N-ethyl adjacent to an activating group) is 1. The summed E-state index contributed by atoms with van der Waals surface area (Å²) in [5.41, 5.74) is 0. The van der Waals surface area contributed by atoms with Gasteiger partial charge in [0.1, 0.15) is 0 Å². The number of carbonyl (C=O) groups is 3. The van der Waals surface area contributed by atoms with E-state index in [4.69, 9.17) is 5.11 Å². The highest BCUT2D eigenvalue weighted by Gasteiger charge is 2.34. The van der Waals surface area contributed by atoms with Gasteiger partial charge in [0.05, 0.1) is 13.1 Å². The Balaban J connectivity index is 1.55. The summed E-state index contributed by atoms with van der Waals surface area (Å²) in [6.07, 6.45) is 7.97. The van der Waals surface area contributed by atoms with E-state index < -0.39 is 5.97 Å². The van der Waals surface area contributed by atoms with E-state index in [9.17, 15) is 14.4 Å². The van der Waals surface area contributed by atoms with Crippen molar-refractivity contribution in [2.75, 3.05) is 19.6 Å². The third kappa shape index (κ3) is 6.65. The second kappa shape index (κ2) is 9.75. The number of aliphatic carboxylic acids is 1. The molecule has 0 saturated heterocycles. The lowest BCUT2D eigenvalue weighted by Crippen LogP contribution is -2.55. The van der Waals surface area contributed by atoms with Crippen LogP contribution in [0.4, 0.5) is 0 Å². The Morgan fingerprint density at radius 3 is 2.40 bits per heavy atom. The molecule has 2 saturated carbocycles. The van der Waals surface area contributed by atoms with Gasteiger partial charge in [-0.2, -0.15) is 0 Å². The fourth-order valence-corrected chi connectivity index (χ4v) is 3.86. The van der Waals surface area contributed by atoms with Crippen molar-refractivity contribution in [1.82, 2.24) is 15.5 Å². The quantitative estimate of drug-likeness (QED) is 0.547. The van der Waals surface area contributed by atoms with E-state index in [2.05, 4.69) is 10.6 Å². The molecular formula is C18H31N3O4. The van der Waals surface area contributed by atoms with Gasteiger partial charge in [0.2, 0.25) is 11.8 Å². The van der Waals surface area contributed by atoms with Crippen LogP contribution < -0.4 is 10.6 Å². The number of nitrogens with one attached hydrogen (secondary N) is 2. The SMILES string of the molecule is CCN(CC(=O)O)C1CC(NC(=O)CNC(=O)CCC2CCCC2)C1. The Morgan fingerprint density at radius 2 is 1.80 bits per heavy atom. The van der Waals surface area contributed by atoms with Gasteiger partial charge in [-0.1, -0.05) is 32.6 Å². The highest BCUT2D eigenvalue weighted by atomic mass is 16.4. The summed E-state index contributed by atoms with van der Waals surface area (Å²) >= 11 is 0. The van der Waals surface area contributed by atoms with Gasteiger partial charge in [0.25, 0.3) is 0 Å². The molecule has 0 radical (unpaired) electrons.